The predicted molar refractivity (Wildman–Crippen MR) is 66.8 cm³/mol. The third-order valence-electron chi connectivity index (χ3n) is 1.14. The third-order valence-corrected chi connectivity index (χ3v) is 1.87. The van der Waals surface area contributed by atoms with Crippen molar-refractivity contribution in [1.29, 1.82) is 0 Å². The molecule has 0 aromatic heterocycles. The van der Waals surface area contributed by atoms with Crippen LogP contribution in [0, 0.1) is 38.5 Å². The van der Waals surface area contributed by atoms with Gasteiger partial charge in [0.25, 0.3) is 0 Å². The van der Waals surface area contributed by atoms with Crippen molar-refractivity contribution in [2.75, 3.05) is 11.5 Å². The zero-order valence-electron chi connectivity index (χ0n) is 9.78. The van der Waals surface area contributed by atoms with E-state index in [4.69, 9.17) is 2.78 Å². The van der Waals surface area contributed by atoms with Gasteiger partial charge in [-0.05, 0) is 0 Å². The van der Waals surface area contributed by atoms with Crippen molar-refractivity contribution in [3.05, 3.63) is 7.43 Å². The first-order valence-electron chi connectivity index (χ1n) is 4.26. The van der Waals surface area contributed by atoms with Crippen molar-refractivity contribution in [2.45, 2.75) is 19.5 Å². The molecule has 2 atom stereocenters. The van der Waals surface area contributed by atoms with Crippen LogP contribution in [-0.2, 0) is 9.59 Å². The van der Waals surface area contributed by atoms with Gasteiger partial charge in [-0.2, -0.15) is 25.3 Å². The van der Waals surface area contributed by atoms with E-state index in [1.54, 1.807) is 0 Å². The molecular formula is C8H19N2O2S2U-. The number of rotatable bonds is 6. The molecule has 0 saturated heterocycles. The number of aldehydes is 1. The van der Waals surface area contributed by atoms with E-state index < -0.39 is 24.3 Å². The molecule has 90 valence electrons. The Kier molecular flexibility index (Phi) is 18.0. The Morgan fingerprint density at radius 1 is 1.60 bits per heavy atom. The summed E-state index contributed by atoms with van der Waals surface area (Å²) < 4.78 is 13.6. The van der Waals surface area contributed by atoms with Gasteiger partial charge in [0.05, 0.1) is 12.1 Å². The molecule has 4 nitrogen and oxygen atoms in total. The summed E-state index contributed by atoms with van der Waals surface area (Å²) in [6, 6.07) is -1.72. The van der Waals surface area contributed by atoms with E-state index in [2.05, 4.69) is 30.6 Å². The quantitative estimate of drug-likeness (QED) is 0.244. The average molecular weight is 481 g/mol. The van der Waals surface area contributed by atoms with Gasteiger partial charge in [0.2, 0.25) is 5.91 Å². The predicted octanol–water partition coefficient (Wildman–Crippen LogP) is -0.0566. The Balaban J connectivity index is -0.000000282. The van der Waals surface area contributed by atoms with Crippen molar-refractivity contribution in [3.8, 4) is 0 Å². The summed E-state index contributed by atoms with van der Waals surface area (Å²) in [4.78, 5) is 21.9. The molecule has 3 N–H and O–H groups in total. The molecule has 0 aliphatic carbocycles. The minimum atomic E-state index is -0.929. The number of hydrogen-bond acceptors (Lipinski definition) is 5. The summed E-state index contributed by atoms with van der Waals surface area (Å²) in [6.45, 7) is 0. The van der Waals surface area contributed by atoms with Crippen LogP contribution in [-0.4, -0.2) is 35.8 Å². The molecule has 0 rings (SSSR count). The zero-order valence-corrected chi connectivity index (χ0v) is 13.7. The van der Waals surface area contributed by atoms with Gasteiger partial charge in [0.1, 0.15) is 9.04 Å². The van der Waals surface area contributed by atoms with Gasteiger partial charge in [0.15, 0.2) is 0 Å². The standard InChI is InChI=1S/C6H12N2O2S2.CH4.CH3.U/c7-5(3-12)6(10)8-4(1-9)2-11;;;/h1,4-5,11-12H,2-3,7H2,(H,8,10);1H4;1H3;/q;;-1;/t4-,5+;;;/m1.../s1/i1T;;;/hT. The monoisotopic (exact) mass is 481 g/mol. The van der Waals surface area contributed by atoms with Crippen LogP contribution in [0.15, 0.2) is 0 Å². The van der Waals surface area contributed by atoms with E-state index in [0.29, 0.717) is 0 Å². The van der Waals surface area contributed by atoms with Crippen molar-refractivity contribution >= 4 is 37.4 Å². The van der Waals surface area contributed by atoms with Gasteiger partial charge < -0.3 is 23.3 Å². The molecule has 0 aromatic carbocycles. The maximum Gasteiger partial charge on any atom is 0.238 e. The Morgan fingerprint density at radius 2 is 2.13 bits per heavy atom. The van der Waals surface area contributed by atoms with Crippen molar-refractivity contribution in [3.63, 3.8) is 0 Å². The fourth-order valence-corrected chi connectivity index (χ4v) is 0.799. The van der Waals surface area contributed by atoms with Crippen molar-refractivity contribution in [1.82, 2.24) is 5.32 Å². The summed E-state index contributed by atoms with van der Waals surface area (Å²) >= 11 is 7.66. The van der Waals surface area contributed by atoms with E-state index in [1.807, 2.05) is 5.73 Å². The maximum atomic E-state index is 11.3. The summed E-state index contributed by atoms with van der Waals surface area (Å²) in [5.41, 5.74) is 1.98. The molecule has 1 amide bonds. The Labute approximate surface area is 130 Å². The third kappa shape index (κ3) is 11.1. The number of thiol groups is 2. The molecule has 0 bridgehead atoms. The van der Waals surface area contributed by atoms with Crippen LogP contribution in [0.4, 0.5) is 0 Å². The van der Waals surface area contributed by atoms with Gasteiger partial charge in [-0.15, -0.1) is 0 Å². The van der Waals surface area contributed by atoms with Crippen LogP contribution in [0.1, 0.15) is 8.80 Å². The van der Waals surface area contributed by atoms with Crippen molar-refractivity contribution in [2.24, 2.45) is 5.73 Å². The topological polar surface area (TPSA) is 72.2 Å². The maximum absolute atomic E-state index is 11.3. The van der Waals surface area contributed by atoms with Crippen LogP contribution in [0.5, 0.6) is 0 Å². The summed E-state index contributed by atoms with van der Waals surface area (Å²) in [5.74, 6) is -0.332. The van der Waals surface area contributed by atoms with E-state index >= 15 is 0 Å². The Bertz CT molecular complexity index is 222. The minimum absolute atomic E-state index is 0. The molecule has 0 aromatic rings. The van der Waals surface area contributed by atoms with Crippen LogP contribution in [0.3, 0.4) is 0 Å². The number of nitrogens with one attached hydrogen (secondary N) is 1. The van der Waals surface area contributed by atoms with Crippen LogP contribution in [0.2, 0.25) is 1.41 Å². The molecule has 0 saturated carbocycles. The second-order valence-corrected chi connectivity index (χ2v) is 2.83. The number of hydrogen-bond donors (Lipinski definition) is 4. The first-order chi connectivity index (χ1) is 6.56. The summed E-state index contributed by atoms with van der Waals surface area (Å²) in [7, 11) is 0. The number of carbonyl (C=O) groups is 2. The molecular weight excluding hydrogens is 458 g/mol. The SMILES string of the molecule is C.[3H]N[C@@H](CS)C(=O)N[C@@H](CS)C([3H])=O.[CH3-].[U]. The number of carbonyl (C=O) groups excluding carboxylic acids is 2. The van der Waals surface area contributed by atoms with E-state index in [0.717, 1.165) is 0 Å². The van der Waals surface area contributed by atoms with E-state index in [1.165, 1.54) is 0 Å². The molecule has 0 fully saturated rings. The fourth-order valence-electron chi connectivity index (χ4n) is 0.468. The van der Waals surface area contributed by atoms with Gasteiger partial charge in [-0.1, -0.05) is 7.43 Å². The summed E-state index contributed by atoms with van der Waals surface area (Å²) in [5, 5.41) is 2.28. The van der Waals surface area contributed by atoms with Crippen LogP contribution < -0.4 is 11.0 Å². The van der Waals surface area contributed by atoms with Crippen LogP contribution >= 0.6 is 25.3 Å². The van der Waals surface area contributed by atoms with E-state index in [-0.39, 0.29) is 57.5 Å². The number of amides is 1. The van der Waals surface area contributed by atoms with Gasteiger partial charge in [-0.3, -0.25) is 4.79 Å². The first-order valence-corrected chi connectivity index (χ1v) is 4.53. The molecule has 0 spiro atoms. The zero-order chi connectivity index (χ0) is 11.1. The van der Waals surface area contributed by atoms with Gasteiger partial charge >= 0.3 is 0 Å². The second kappa shape index (κ2) is 14.9. The van der Waals surface area contributed by atoms with Crippen molar-refractivity contribution < 1.29 is 43.5 Å². The molecule has 0 heterocycles. The van der Waals surface area contributed by atoms with E-state index in [9.17, 15) is 9.59 Å². The first kappa shape index (κ1) is 18.2. The Hall–Kier alpha value is 0.852. The summed E-state index contributed by atoms with van der Waals surface area (Å²) in [6.07, 6.45) is -0.906. The Morgan fingerprint density at radius 3 is 2.40 bits per heavy atom. The van der Waals surface area contributed by atoms with Crippen LogP contribution in [0.25, 0.3) is 0 Å². The minimum Gasteiger partial charge on any atom is -0.358 e. The fraction of sp³-hybridized carbons (Fsp3) is 0.625. The smallest absolute Gasteiger partial charge is 0.238 e. The average Bonchev–Trinajstić information content (AvgIpc) is 2.15. The van der Waals surface area contributed by atoms with Gasteiger partial charge in [0, 0.05) is 42.6 Å². The second-order valence-electron chi connectivity index (χ2n) is 2.10. The molecule has 0 radical (unpaired) electrons. The van der Waals surface area contributed by atoms with Gasteiger partial charge in [-0.25, -0.2) is 0 Å². The number of nitrogens with two attached hydrogens (primary N) is 1. The normalized spacial score (nSPS) is 13.7. The molecule has 0 aliphatic rings. The molecule has 0 aliphatic heterocycles. The molecule has 15 heavy (non-hydrogen) atoms. The largest absolute Gasteiger partial charge is 0.358 e. The molecule has 0 unspecified atom stereocenters. The molecule has 7 heteroatoms.